The molecular formula is C11H20N2O3S. The third kappa shape index (κ3) is 3.42. The Kier molecular flexibility index (Phi) is 3.45. The highest BCUT2D eigenvalue weighted by Crippen LogP contribution is 2.39. The summed E-state index contributed by atoms with van der Waals surface area (Å²) in [5.41, 5.74) is 0. The van der Waals surface area contributed by atoms with E-state index in [0.29, 0.717) is 12.5 Å². The average Bonchev–Trinajstić information content (AvgIpc) is 2.92. The summed E-state index contributed by atoms with van der Waals surface area (Å²) in [7, 11) is -3.18. The molecule has 98 valence electrons. The van der Waals surface area contributed by atoms with E-state index in [1.165, 1.54) is 0 Å². The highest BCUT2D eigenvalue weighted by Gasteiger charge is 2.42. The molecule has 6 heteroatoms. The summed E-state index contributed by atoms with van der Waals surface area (Å²) in [6.45, 7) is 3.37. The maximum absolute atomic E-state index is 12.0. The molecule has 2 rings (SSSR count). The predicted molar refractivity (Wildman–Crippen MR) is 64.9 cm³/mol. The molecule has 2 fully saturated rings. The van der Waals surface area contributed by atoms with E-state index in [4.69, 9.17) is 0 Å². The van der Waals surface area contributed by atoms with E-state index in [9.17, 15) is 13.2 Å². The Hall–Kier alpha value is -0.620. The lowest BCUT2D eigenvalue weighted by Gasteiger charge is -2.33. The second kappa shape index (κ2) is 4.57. The lowest BCUT2D eigenvalue weighted by atomic mass is 10.1. The molecule has 5 nitrogen and oxygen atoms in total. The number of likely N-dealkylation sites (tertiary alicyclic amines) is 1. The summed E-state index contributed by atoms with van der Waals surface area (Å²) in [6.07, 6.45) is 3.84. The van der Waals surface area contributed by atoms with Crippen molar-refractivity contribution in [3.05, 3.63) is 0 Å². The Morgan fingerprint density at radius 1 is 1.41 bits per heavy atom. The zero-order chi connectivity index (χ0) is 12.6. The van der Waals surface area contributed by atoms with E-state index >= 15 is 0 Å². The summed E-state index contributed by atoms with van der Waals surface area (Å²) in [4.78, 5) is 13.9. The number of hydrogen-bond acceptors (Lipinski definition) is 3. The number of nitrogens with zero attached hydrogens (tertiary/aromatic N) is 1. The number of rotatable bonds is 3. The molecule has 0 aromatic heterocycles. The Balaban J connectivity index is 1.90. The van der Waals surface area contributed by atoms with E-state index in [1.807, 2.05) is 4.90 Å². The minimum absolute atomic E-state index is 0.114. The Morgan fingerprint density at radius 3 is 2.59 bits per heavy atom. The second-order valence-electron chi connectivity index (χ2n) is 5.33. The Bertz CT molecular complexity index is 407. The largest absolute Gasteiger partial charge is 0.341 e. The van der Waals surface area contributed by atoms with Crippen LogP contribution in [0.3, 0.4) is 0 Å². The molecule has 1 N–H and O–H groups in total. The van der Waals surface area contributed by atoms with Gasteiger partial charge in [-0.3, -0.25) is 4.79 Å². The van der Waals surface area contributed by atoms with Crippen molar-refractivity contribution in [2.75, 3.05) is 19.3 Å². The van der Waals surface area contributed by atoms with Crippen molar-refractivity contribution in [3.8, 4) is 0 Å². The van der Waals surface area contributed by atoms with Gasteiger partial charge in [0.1, 0.15) is 0 Å². The first-order valence-electron chi connectivity index (χ1n) is 6.13. The predicted octanol–water partition coefficient (Wildman–Crippen LogP) is 0.183. The van der Waals surface area contributed by atoms with Crippen molar-refractivity contribution in [1.82, 2.24) is 9.62 Å². The molecule has 0 spiro atoms. The smallest absolute Gasteiger partial charge is 0.226 e. The maximum Gasteiger partial charge on any atom is 0.226 e. The van der Waals surface area contributed by atoms with E-state index in [-0.39, 0.29) is 17.9 Å². The van der Waals surface area contributed by atoms with Crippen molar-refractivity contribution < 1.29 is 13.2 Å². The van der Waals surface area contributed by atoms with Crippen LogP contribution in [-0.4, -0.2) is 44.6 Å². The molecule has 0 bridgehead atoms. The van der Waals surface area contributed by atoms with Gasteiger partial charge in [-0.25, -0.2) is 13.1 Å². The first kappa shape index (κ1) is 12.8. The minimum atomic E-state index is -3.18. The maximum atomic E-state index is 12.0. The summed E-state index contributed by atoms with van der Waals surface area (Å²) in [6, 6.07) is -0.114. The van der Waals surface area contributed by atoms with Gasteiger partial charge in [0.05, 0.1) is 6.26 Å². The molecule has 1 saturated heterocycles. The molecule has 0 aromatic carbocycles. The van der Waals surface area contributed by atoms with Gasteiger partial charge in [-0.1, -0.05) is 6.92 Å². The number of carbonyl (C=O) groups is 1. The molecule has 0 unspecified atom stereocenters. The first-order valence-corrected chi connectivity index (χ1v) is 8.02. The van der Waals surface area contributed by atoms with Gasteiger partial charge in [-0.15, -0.1) is 0 Å². The van der Waals surface area contributed by atoms with Gasteiger partial charge in [0.2, 0.25) is 15.9 Å². The number of amides is 1. The Morgan fingerprint density at radius 2 is 2.06 bits per heavy atom. The van der Waals surface area contributed by atoms with Crippen molar-refractivity contribution in [2.24, 2.45) is 11.8 Å². The second-order valence-corrected chi connectivity index (χ2v) is 7.11. The lowest BCUT2D eigenvalue weighted by molar-refractivity contribution is -0.134. The van der Waals surface area contributed by atoms with Crippen LogP contribution in [0.1, 0.15) is 26.2 Å². The van der Waals surface area contributed by atoms with Crippen LogP contribution < -0.4 is 4.72 Å². The van der Waals surface area contributed by atoms with Crippen LogP contribution in [0.4, 0.5) is 0 Å². The molecule has 2 aliphatic rings. The summed E-state index contributed by atoms with van der Waals surface area (Å²) in [5, 5.41) is 0. The van der Waals surface area contributed by atoms with Crippen LogP contribution in [-0.2, 0) is 14.8 Å². The zero-order valence-electron chi connectivity index (χ0n) is 10.3. The van der Waals surface area contributed by atoms with Gasteiger partial charge in [-0.2, -0.15) is 0 Å². The molecule has 1 amide bonds. The molecule has 3 atom stereocenters. The average molecular weight is 260 g/mol. The van der Waals surface area contributed by atoms with Crippen molar-refractivity contribution in [1.29, 1.82) is 0 Å². The van der Waals surface area contributed by atoms with Crippen LogP contribution in [0.2, 0.25) is 0 Å². The molecule has 1 aliphatic heterocycles. The quantitative estimate of drug-likeness (QED) is 0.787. The van der Waals surface area contributed by atoms with E-state index in [1.54, 1.807) is 0 Å². The van der Waals surface area contributed by atoms with E-state index < -0.39 is 10.0 Å². The van der Waals surface area contributed by atoms with Crippen molar-refractivity contribution >= 4 is 15.9 Å². The minimum Gasteiger partial charge on any atom is -0.341 e. The number of hydrogen-bond donors (Lipinski definition) is 1. The monoisotopic (exact) mass is 260 g/mol. The molecule has 1 saturated carbocycles. The van der Waals surface area contributed by atoms with Crippen molar-refractivity contribution in [3.63, 3.8) is 0 Å². The van der Waals surface area contributed by atoms with E-state index in [2.05, 4.69) is 11.6 Å². The first-order chi connectivity index (χ1) is 7.87. The highest BCUT2D eigenvalue weighted by atomic mass is 32.2. The summed E-state index contributed by atoms with van der Waals surface area (Å²) in [5.74, 6) is 0.898. The van der Waals surface area contributed by atoms with Crippen LogP contribution in [0, 0.1) is 11.8 Å². The number of piperidine rings is 1. The molecule has 0 aromatic rings. The number of sulfonamides is 1. The van der Waals surface area contributed by atoms with E-state index in [0.717, 1.165) is 32.1 Å². The van der Waals surface area contributed by atoms with Gasteiger partial charge in [0, 0.05) is 25.0 Å². The van der Waals surface area contributed by atoms with Gasteiger partial charge >= 0.3 is 0 Å². The fourth-order valence-corrected chi connectivity index (χ4v) is 3.27. The fraction of sp³-hybridized carbons (Fsp3) is 0.909. The third-order valence-electron chi connectivity index (χ3n) is 3.54. The van der Waals surface area contributed by atoms with Gasteiger partial charge < -0.3 is 4.90 Å². The van der Waals surface area contributed by atoms with Crippen LogP contribution in [0.15, 0.2) is 0 Å². The van der Waals surface area contributed by atoms with Gasteiger partial charge in [-0.05, 0) is 25.2 Å². The molecule has 1 heterocycles. The molecular weight excluding hydrogens is 240 g/mol. The highest BCUT2D eigenvalue weighted by molar-refractivity contribution is 7.88. The van der Waals surface area contributed by atoms with Gasteiger partial charge in [0.25, 0.3) is 0 Å². The van der Waals surface area contributed by atoms with Gasteiger partial charge in [0.15, 0.2) is 0 Å². The Labute approximate surface area is 103 Å². The standard InChI is InChI=1S/C11H20N2O3S/c1-8-6-10(8)11(14)13-5-3-4-9(7-13)12-17(2,15)16/h8-10,12H,3-7H2,1-2H3/t8-,9-,10-/m1/s1. The van der Waals surface area contributed by atoms with Crippen LogP contribution in [0.25, 0.3) is 0 Å². The molecule has 0 radical (unpaired) electrons. The molecule has 1 aliphatic carbocycles. The summed E-state index contributed by atoms with van der Waals surface area (Å²) < 4.78 is 24.9. The van der Waals surface area contributed by atoms with Crippen LogP contribution in [0.5, 0.6) is 0 Å². The normalized spacial score (nSPS) is 33.5. The third-order valence-corrected chi connectivity index (χ3v) is 4.30. The lowest BCUT2D eigenvalue weighted by Crippen LogP contribution is -2.49. The topological polar surface area (TPSA) is 66.5 Å². The number of nitrogens with one attached hydrogen (secondary N) is 1. The summed E-state index contributed by atoms with van der Waals surface area (Å²) >= 11 is 0. The fourth-order valence-electron chi connectivity index (χ4n) is 2.48. The van der Waals surface area contributed by atoms with Crippen LogP contribution >= 0.6 is 0 Å². The zero-order valence-corrected chi connectivity index (χ0v) is 11.2. The SMILES string of the molecule is C[C@@H]1C[C@H]1C(=O)N1CCC[C@@H](NS(C)(=O)=O)C1. The number of carbonyl (C=O) groups excluding carboxylic acids is 1. The van der Waals surface area contributed by atoms with Crippen molar-refractivity contribution in [2.45, 2.75) is 32.2 Å². The molecule has 17 heavy (non-hydrogen) atoms.